The summed E-state index contributed by atoms with van der Waals surface area (Å²) >= 11 is 0. The number of rotatable bonds is 6. The van der Waals surface area contributed by atoms with Gasteiger partial charge in [0.2, 0.25) is 11.8 Å². The second-order valence-electron chi connectivity index (χ2n) is 7.08. The van der Waals surface area contributed by atoms with Crippen molar-refractivity contribution in [2.24, 2.45) is 5.92 Å². The molecule has 1 fully saturated rings. The number of likely N-dealkylation sites (tertiary alicyclic amines) is 1. The fourth-order valence-corrected chi connectivity index (χ4v) is 3.46. The van der Waals surface area contributed by atoms with Crippen LogP contribution in [0.15, 0.2) is 61.2 Å². The number of carbonyl (C=O) groups is 2. The van der Waals surface area contributed by atoms with E-state index in [2.05, 4.69) is 11.9 Å². The first-order valence-corrected chi connectivity index (χ1v) is 9.62. The summed E-state index contributed by atoms with van der Waals surface area (Å²) in [7, 11) is 0. The molecule has 146 valence electrons. The van der Waals surface area contributed by atoms with Gasteiger partial charge in [0.1, 0.15) is 5.82 Å². The van der Waals surface area contributed by atoms with Crippen molar-refractivity contribution < 1.29 is 14.0 Å². The molecular formula is C23H25FN2O2. The molecule has 3 rings (SSSR count). The van der Waals surface area contributed by atoms with E-state index < -0.39 is 0 Å². The second kappa shape index (κ2) is 9.31. The summed E-state index contributed by atoms with van der Waals surface area (Å²) in [5, 5.41) is 2.97. The van der Waals surface area contributed by atoms with Crippen LogP contribution >= 0.6 is 0 Å². The van der Waals surface area contributed by atoms with E-state index in [1.54, 1.807) is 23.1 Å². The summed E-state index contributed by atoms with van der Waals surface area (Å²) in [5.41, 5.74) is 2.48. The first kappa shape index (κ1) is 19.8. The van der Waals surface area contributed by atoms with Crippen LogP contribution in [-0.2, 0) is 9.59 Å². The average Bonchev–Trinajstić information content (AvgIpc) is 2.73. The molecule has 4 nitrogen and oxygen atoms in total. The van der Waals surface area contributed by atoms with Crippen LogP contribution in [0.2, 0.25) is 0 Å². The normalized spacial score (nSPS) is 16.5. The molecule has 1 aliphatic rings. The Morgan fingerprint density at radius 1 is 1.18 bits per heavy atom. The molecule has 2 amide bonds. The highest BCUT2D eigenvalue weighted by Crippen LogP contribution is 2.24. The van der Waals surface area contributed by atoms with Crippen molar-refractivity contribution in [1.29, 1.82) is 0 Å². The fourth-order valence-electron chi connectivity index (χ4n) is 3.46. The molecule has 0 aromatic heterocycles. The Morgan fingerprint density at radius 2 is 1.96 bits per heavy atom. The molecule has 0 spiro atoms. The molecule has 1 unspecified atom stereocenters. The molecule has 1 atom stereocenters. The maximum absolute atomic E-state index is 13.1. The number of halogens is 1. The molecule has 1 heterocycles. The van der Waals surface area contributed by atoms with Crippen LogP contribution in [0.1, 0.15) is 25.7 Å². The molecule has 0 radical (unpaired) electrons. The van der Waals surface area contributed by atoms with Crippen LogP contribution in [0.5, 0.6) is 0 Å². The van der Waals surface area contributed by atoms with Gasteiger partial charge in [0.15, 0.2) is 0 Å². The molecule has 1 N–H and O–H groups in total. The van der Waals surface area contributed by atoms with E-state index in [1.165, 1.54) is 12.1 Å². The molecule has 1 aliphatic heterocycles. The summed E-state index contributed by atoms with van der Waals surface area (Å²) in [6.07, 6.45) is 4.43. The third-order valence-electron chi connectivity index (χ3n) is 5.01. The zero-order chi connectivity index (χ0) is 19.9. The van der Waals surface area contributed by atoms with Crippen LogP contribution in [0.4, 0.5) is 10.1 Å². The van der Waals surface area contributed by atoms with Crippen LogP contribution in [0.25, 0.3) is 11.1 Å². The van der Waals surface area contributed by atoms with E-state index in [4.69, 9.17) is 0 Å². The van der Waals surface area contributed by atoms with E-state index in [0.717, 1.165) is 24.0 Å². The van der Waals surface area contributed by atoms with Crippen molar-refractivity contribution in [2.75, 3.05) is 18.4 Å². The molecule has 0 saturated carbocycles. The van der Waals surface area contributed by atoms with Gasteiger partial charge in [-0.25, -0.2) is 4.39 Å². The number of amides is 2. The summed E-state index contributed by atoms with van der Waals surface area (Å²) in [5.74, 6) is -0.484. The lowest BCUT2D eigenvalue weighted by molar-refractivity contribution is -0.134. The van der Waals surface area contributed by atoms with Crippen LogP contribution in [0, 0.1) is 11.7 Å². The van der Waals surface area contributed by atoms with Crippen molar-refractivity contribution in [1.82, 2.24) is 4.90 Å². The van der Waals surface area contributed by atoms with Gasteiger partial charge in [-0.1, -0.05) is 30.3 Å². The summed E-state index contributed by atoms with van der Waals surface area (Å²) in [4.78, 5) is 26.7. The van der Waals surface area contributed by atoms with Gasteiger partial charge in [-0.3, -0.25) is 9.59 Å². The second-order valence-corrected chi connectivity index (χ2v) is 7.08. The number of allylic oxidation sites excluding steroid dienone is 1. The standard InChI is InChI=1S/C23H25FN2O2/c1-2-3-9-22(27)26-14-5-7-19(16-26)23(28)25-21-8-4-6-18(15-21)17-10-12-20(24)13-11-17/h2,4,6,8,10-13,15,19H,1,3,5,7,9,14,16H2,(H,25,28). The van der Waals surface area contributed by atoms with Crippen LogP contribution in [0.3, 0.4) is 0 Å². The van der Waals surface area contributed by atoms with Gasteiger partial charge in [0.25, 0.3) is 0 Å². The molecular weight excluding hydrogens is 355 g/mol. The van der Waals surface area contributed by atoms with Crippen molar-refractivity contribution in [3.05, 3.63) is 67.0 Å². The predicted octanol–water partition coefficient (Wildman–Crippen LogP) is 4.64. The van der Waals surface area contributed by atoms with Gasteiger partial charge in [-0.05, 0) is 54.7 Å². The quantitative estimate of drug-likeness (QED) is 0.743. The zero-order valence-electron chi connectivity index (χ0n) is 15.9. The Hall–Kier alpha value is -2.95. The summed E-state index contributed by atoms with van der Waals surface area (Å²) in [6, 6.07) is 13.8. The lowest BCUT2D eigenvalue weighted by atomic mass is 9.96. The lowest BCUT2D eigenvalue weighted by Crippen LogP contribution is -2.43. The van der Waals surface area contributed by atoms with Gasteiger partial charge in [-0.15, -0.1) is 6.58 Å². The van der Waals surface area contributed by atoms with E-state index >= 15 is 0 Å². The van der Waals surface area contributed by atoms with Gasteiger partial charge in [0.05, 0.1) is 5.92 Å². The summed E-state index contributed by atoms with van der Waals surface area (Å²) < 4.78 is 13.1. The zero-order valence-corrected chi connectivity index (χ0v) is 15.9. The van der Waals surface area contributed by atoms with E-state index in [1.807, 2.05) is 24.3 Å². The first-order chi connectivity index (χ1) is 13.6. The Morgan fingerprint density at radius 3 is 2.71 bits per heavy atom. The number of nitrogens with zero attached hydrogens (tertiary/aromatic N) is 1. The number of carbonyl (C=O) groups excluding carboxylic acids is 2. The highest BCUT2D eigenvalue weighted by atomic mass is 19.1. The van der Waals surface area contributed by atoms with Crippen molar-refractivity contribution in [2.45, 2.75) is 25.7 Å². The largest absolute Gasteiger partial charge is 0.342 e. The van der Waals surface area contributed by atoms with E-state index in [9.17, 15) is 14.0 Å². The fraction of sp³-hybridized carbons (Fsp3) is 0.304. The molecule has 1 saturated heterocycles. The third-order valence-corrected chi connectivity index (χ3v) is 5.01. The van der Waals surface area contributed by atoms with Crippen LogP contribution < -0.4 is 5.32 Å². The Labute approximate surface area is 165 Å². The number of benzene rings is 2. The monoisotopic (exact) mass is 380 g/mol. The van der Waals surface area contributed by atoms with E-state index in [-0.39, 0.29) is 23.5 Å². The minimum absolute atomic E-state index is 0.0718. The number of anilines is 1. The van der Waals surface area contributed by atoms with Crippen molar-refractivity contribution >= 4 is 17.5 Å². The molecule has 2 aromatic carbocycles. The van der Waals surface area contributed by atoms with Gasteiger partial charge in [0, 0.05) is 25.2 Å². The average molecular weight is 380 g/mol. The minimum Gasteiger partial charge on any atom is -0.342 e. The van der Waals surface area contributed by atoms with Crippen molar-refractivity contribution in [3.8, 4) is 11.1 Å². The number of nitrogens with one attached hydrogen (secondary N) is 1. The lowest BCUT2D eigenvalue weighted by Gasteiger charge is -2.32. The van der Waals surface area contributed by atoms with Gasteiger partial charge >= 0.3 is 0 Å². The number of hydrogen-bond acceptors (Lipinski definition) is 2. The third kappa shape index (κ3) is 5.06. The summed E-state index contributed by atoms with van der Waals surface area (Å²) in [6.45, 7) is 4.81. The van der Waals surface area contributed by atoms with E-state index in [0.29, 0.717) is 31.6 Å². The topological polar surface area (TPSA) is 49.4 Å². The first-order valence-electron chi connectivity index (χ1n) is 9.62. The maximum atomic E-state index is 13.1. The minimum atomic E-state index is -0.280. The van der Waals surface area contributed by atoms with Crippen molar-refractivity contribution in [3.63, 3.8) is 0 Å². The molecule has 0 bridgehead atoms. The van der Waals surface area contributed by atoms with Crippen LogP contribution in [-0.4, -0.2) is 29.8 Å². The Balaban J connectivity index is 1.64. The molecule has 28 heavy (non-hydrogen) atoms. The SMILES string of the molecule is C=CCCC(=O)N1CCCC(C(=O)Nc2cccc(-c3ccc(F)cc3)c2)C1. The Kier molecular flexibility index (Phi) is 6.58. The smallest absolute Gasteiger partial charge is 0.229 e. The predicted molar refractivity (Wildman–Crippen MR) is 109 cm³/mol. The maximum Gasteiger partial charge on any atom is 0.229 e. The van der Waals surface area contributed by atoms with Gasteiger partial charge in [-0.2, -0.15) is 0 Å². The molecule has 2 aromatic rings. The highest BCUT2D eigenvalue weighted by Gasteiger charge is 2.28. The molecule has 0 aliphatic carbocycles. The molecule has 5 heteroatoms. The number of hydrogen-bond donors (Lipinski definition) is 1. The number of piperidine rings is 1. The Bertz CT molecular complexity index is 848. The van der Waals surface area contributed by atoms with Gasteiger partial charge < -0.3 is 10.2 Å². The highest BCUT2D eigenvalue weighted by molar-refractivity contribution is 5.93.